The number of hydrogen-bond acceptors (Lipinski definition) is 16. The van der Waals surface area contributed by atoms with Crippen LogP contribution in [0.15, 0.2) is 70.1 Å². The van der Waals surface area contributed by atoms with Gasteiger partial charge in [0.15, 0.2) is 0 Å². The number of aliphatic carboxylic acids is 1. The molecular weight excluding hydrogens is 885 g/mol. The van der Waals surface area contributed by atoms with Crippen molar-refractivity contribution in [3.63, 3.8) is 0 Å². The van der Waals surface area contributed by atoms with Crippen molar-refractivity contribution in [2.24, 2.45) is 0 Å². The molecule has 4 rings (SSSR count). The largest absolute Gasteiger partial charge is 0.748 e. The number of carboxylic acids is 1. The third kappa shape index (κ3) is 14.3. The van der Waals surface area contributed by atoms with Crippen LogP contribution in [0.25, 0.3) is 0 Å². The molecule has 18 nitrogen and oxygen atoms in total. The van der Waals surface area contributed by atoms with E-state index >= 15 is 0 Å². The van der Waals surface area contributed by atoms with Crippen molar-refractivity contribution in [2.75, 3.05) is 90.8 Å². The van der Waals surface area contributed by atoms with Gasteiger partial charge in [-0.2, -0.15) is 0 Å². The molecule has 0 aromatic heterocycles. The van der Waals surface area contributed by atoms with Crippen LogP contribution in [-0.2, 0) is 69.7 Å². The molecule has 0 aliphatic carbocycles. The van der Waals surface area contributed by atoms with E-state index in [-0.39, 0.29) is 56.6 Å². The molecule has 4 unspecified atom stereocenters. The number of hydrogen-bond donors (Lipinski definition) is 2. The minimum Gasteiger partial charge on any atom is -0.748 e. The third-order valence-electron chi connectivity index (χ3n) is 11.7. The second-order valence-electron chi connectivity index (χ2n) is 16.0. The van der Waals surface area contributed by atoms with E-state index in [9.17, 15) is 48.8 Å². The minimum atomic E-state index is -4.90. The van der Waals surface area contributed by atoms with Gasteiger partial charge >= 0.3 is 5.97 Å². The molecule has 2 aromatic carbocycles. The molecule has 2 aromatic rings. The average Bonchev–Trinajstić information content (AvgIpc) is 3.57. The summed E-state index contributed by atoms with van der Waals surface area (Å²) in [4.78, 5) is 13.2. The summed E-state index contributed by atoms with van der Waals surface area (Å²) >= 11 is 0. The van der Waals surface area contributed by atoms with Gasteiger partial charge in [-0.3, -0.25) is 9.69 Å². The van der Waals surface area contributed by atoms with E-state index < -0.39 is 57.8 Å². The van der Waals surface area contributed by atoms with Gasteiger partial charge in [0.05, 0.1) is 78.1 Å². The van der Waals surface area contributed by atoms with Crippen molar-refractivity contribution in [3.05, 3.63) is 71.5 Å². The van der Waals surface area contributed by atoms with E-state index in [1.807, 2.05) is 30.1 Å². The minimum absolute atomic E-state index is 0.0175. The van der Waals surface area contributed by atoms with E-state index in [4.69, 9.17) is 23.7 Å². The van der Waals surface area contributed by atoms with Crippen molar-refractivity contribution in [3.8, 4) is 0 Å². The van der Waals surface area contributed by atoms with Crippen LogP contribution in [0.3, 0.4) is 0 Å². The number of nitrogens with one attached hydrogen (secondary N) is 1. The molecule has 0 amide bonds. The number of quaternary nitrogens is 1. The number of anilines is 1. The first-order valence-corrected chi connectivity index (χ1v) is 25.2. The summed E-state index contributed by atoms with van der Waals surface area (Å²) in [6, 6.07) is 8.01. The number of unbranched alkanes of at least 4 members (excludes halogenated alkanes) is 2. The summed E-state index contributed by atoms with van der Waals surface area (Å²) in [6.07, 6.45) is 7.79. The first-order chi connectivity index (χ1) is 29.7. The summed E-state index contributed by atoms with van der Waals surface area (Å²) in [5.41, 5.74) is 1.16. The normalized spacial score (nSPS) is 22.0. The van der Waals surface area contributed by atoms with Crippen molar-refractivity contribution < 1.29 is 77.4 Å². The molecule has 2 heterocycles. The van der Waals surface area contributed by atoms with Gasteiger partial charge in [0.25, 0.3) is 0 Å². The Morgan fingerprint density at radius 2 is 1.35 bits per heavy atom. The lowest BCUT2D eigenvalue weighted by Gasteiger charge is -2.32. The Morgan fingerprint density at radius 3 is 1.94 bits per heavy atom. The van der Waals surface area contributed by atoms with Crippen molar-refractivity contribution in [1.82, 2.24) is 0 Å². The number of fused-ring (bicyclic) bond motifs is 2. The fourth-order valence-electron chi connectivity index (χ4n) is 8.53. The van der Waals surface area contributed by atoms with Crippen LogP contribution in [0.4, 0.5) is 11.4 Å². The highest BCUT2D eigenvalue weighted by Gasteiger charge is 2.51. The highest BCUT2D eigenvalue weighted by molar-refractivity contribution is 7.86. The first kappa shape index (κ1) is 52.3. The van der Waals surface area contributed by atoms with Crippen LogP contribution in [0.5, 0.6) is 0 Å². The number of benzene rings is 2. The van der Waals surface area contributed by atoms with E-state index in [1.165, 1.54) is 30.3 Å². The number of allylic oxidation sites excluding steroid dienone is 3. The average molecular weight is 945 g/mol. The monoisotopic (exact) mass is 944 g/mol. The highest BCUT2D eigenvalue weighted by Crippen LogP contribution is 2.51. The lowest BCUT2D eigenvalue weighted by Crippen LogP contribution is -3.10. The Kier molecular flexibility index (Phi) is 19.3. The molecule has 4 atom stereocenters. The number of nitrogens with zero attached hydrogens (tertiary/aromatic N) is 1. The van der Waals surface area contributed by atoms with Crippen molar-refractivity contribution >= 4 is 47.7 Å². The second kappa shape index (κ2) is 23.2. The Balaban J connectivity index is 1.76. The fraction of sp³-hybridized carbons (Fsp3) is 0.595. The Bertz CT molecular complexity index is 2250. The molecule has 21 heteroatoms. The topological polar surface area (TPSA) is 263 Å². The maximum absolute atomic E-state index is 12.3. The van der Waals surface area contributed by atoms with Crippen LogP contribution in [0.1, 0.15) is 69.9 Å². The Hall–Kier alpha value is -3.32. The van der Waals surface area contributed by atoms with E-state index in [2.05, 4.69) is 0 Å². The predicted molar refractivity (Wildman–Crippen MR) is 228 cm³/mol. The van der Waals surface area contributed by atoms with Crippen molar-refractivity contribution in [2.45, 2.75) is 85.5 Å². The smallest absolute Gasteiger partial charge is 0.303 e. The molecule has 0 radical (unpaired) electrons. The van der Waals surface area contributed by atoms with Crippen LogP contribution >= 0.6 is 0 Å². The van der Waals surface area contributed by atoms with Gasteiger partial charge in [0.2, 0.25) is 0 Å². The molecule has 2 N–H and O–H groups in total. The maximum Gasteiger partial charge on any atom is 0.303 e. The van der Waals surface area contributed by atoms with E-state index in [0.717, 1.165) is 10.6 Å². The molecule has 0 fully saturated rings. The number of carbonyl (C=O) groups is 1. The number of rotatable bonds is 29. The highest BCUT2D eigenvalue weighted by atomic mass is 32.2. The summed E-state index contributed by atoms with van der Waals surface area (Å²) in [5, 5.41) is 9.19. The number of methoxy groups -OCH3 is 2. The van der Waals surface area contributed by atoms with Crippen LogP contribution in [0, 0.1) is 0 Å². The standard InChI is InChI=1S/C42H62N2O16S3/c1-41(17-9-29-61(47,48)49)34-30-32(62(50,51)52)14-16-37(34)44(20-22-58-25-26-60-28-27-59-24-23-57-4)38(41)10-8-11-39-42(2,18-21-56-3)35-31-33(63(53,54)55)13-15-36(35)43(39)19-7-5-6-12-40(45)46/h8,10-11,13-16,30-31,39H,5-7,9,12,17-29H2,1-4H3,(H,45,46)(H,47,48,49)(H,50,51,52)(H,53,54,55)/p-2/b11-8+,38-10+. The SMILES string of the molecule is COCCOCCOCCOCCN1/C(=C/C=C/C2[NH+](CCCCCC(=O)O)c3ccc(S(=O)(=O)[O-])cc3C2(C)CCOC)C(C)(CCCS(=O)(=O)[O-])c2cc(S(=O)(=O)[O-])ccc21. The molecule has 0 saturated carbocycles. The van der Waals surface area contributed by atoms with Gasteiger partial charge in [0.1, 0.15) is 32.0 Å². The lowest BCUT2D eigenvalue weighted by atomic mass is 9.75. The summed E-state index contributed by atoms with van der Waals surface area (Å²) in [6.45, 7) is 7.20. The molecule has 0 spiro atoms. The zero-order chi connectivity index (χ0) is 46.5. The van der Waals surface area contributed by atoms with Gasteiger partial charge in [-0.05, 0) is 100 Å². The third-order valence-corrected chi connectivity index (χ3v) is 14.2. The molecule has 0 bridgehead atoms. The number of carboxylic acid groups (broad SMARTS) is 1. The summed E-state index contributed by atoms with van der Waals surface area (Å²) in [7, 11) is -11.2. The molecule has 63 heavy (non-hydrogen) atoms. The van der Waals surface area contributed by atoms with Gasteiger partial charge in [-0.15, -0.1) is 0 Å². The number of ether oxygens (including phenoxy) is 5. The molecule has 354 valence electrons. The van der Waals surface area contributed by atoms with Crippen LogP contribution in [-0.4, -0.2) is 142 Å². The van der Waals surface area contributed by atoms with E-state index in [0.29, 0.717) is 87.8 Å². The Labute approximate surface area is 371 Å². The van der Waals surface area contributed by atoms with Gasteiger partial charge in [-0.25, -0.2) is 25.3 Å². The van der Waals surface area contributed by atoms with Crippen molar-refractivity contribution in [1.29, 1.82) is 0 Å². The van der Waals surface area contributed by atoms with Gasteiger partial charge in [-0.1, -0.05) is 6.08 Å². The predicted octanol–water partition coefficient (Wildman–Crippen LogP) is 2.57. The molecule has 2 aliphatic heterocycles. The first-order valence-electron chi connectivity index (χ1n) is 20.8. The maximum atomic E-state index is 12.3. The van der Waals surface area contributed by atoms with Gasteiger partial charge in [0, 0.05) is 68.0 Å². The lowest BCUT2D eigenvalue weighted by molar-refractivity contribution is -0.851. The van der Waals surface area contributed by atoms with Crippen LogP contribution < -0.4 is 9.80 Å². The zero-order valence-electron chi connectivity index (χ0n) is 36.2. The van der Waals surface area contributed by atoms with Crippen LogP contribution in [0.2, 0.25) is 0 Å². The summed E-state index contributed by atoms with van der Waals surface area (Å²) < 4.78 is 136. The fourth-order valence-corrected chi connectivity index (χ4v) is 10.0. The molecule has 0 saturated heterocycles. The summed E-state index contributed by atoms with van der Waals surface area (Å²) in [5.74, 6) is -1.57. The van der Waals surface area contributed by atoms with Gasteiger partial charge < -0.3 is 47.3 Å². The second-order valence-corrected chi connectivity index (χ2v) is 20.3. The quantitative estimate of drug-likeness (QED) is 0.0877. The molecule has 2 aliphatic rings. The molecular formula is C42H60N2O16S3-2. The Morgan fingerprint density at radius 1 is 0.762 bits per heavy atom. The zero-order valence-corrected chi connectivity index (χ0v) is 38.7. The van der Waals surface area contributed by atoms with E-state index in [1.54, 1.807) is 27.2 Å².